The zero-order valence-corrected chi connectivity index (χ0v) is 15.5. The Morgan fingerprint density at radius 2 is 1.87 bits per heavy atom. The first-order chi connectivity index (χ1) is 10.6. The first-order valence-corrected chi connectivity index (χ1v) is 8.13. The van der Waals surface area contributed by atoms with Crippen molar-refractivity contribution in [2.75, 3.05) is 26.8 Å². The molecule has 0 aliphatic heterocycles. The highest BCUT2D eigenvalue weighted by atomic mass is 35.5. The second-order valence-electron chi connectivity index (χ2n) is 5.44. The van der Waals surface area contributed by atoms with Crippen LogP contribution in [0.4, 0.5) is 0 Å². The Morgan fingerprint density at radius 3 is 2.39 bits per heavy atom. The smallest absolute Gasteiger partial charge is 0.305 e. The minimum atomic E-state index is -0.0960. The number of rotatable bonds is 10. The minimum absolute atomic E-state index is 0. The Labute approximate surface area is 146 Å². The quantitative estimate of drug-likeness (QED) is 0.607. The Morgan fingerprint density at radius 1 is 1.22 bits per heavy atom. The number of carbonyl (C=O) groups is 1. The lowest BCUT2D eigenvalue weighted by molar-refractivity contribution is -0.143. The molecule has 0 radical (unpaired) electrons. The van der Waals surface area contributed by atoms with E-state index in [1.807, 2.05) is 19.1 Å². The van der Waals surface area contributed by atoms with Crippen molar-refractivity contribution < 1.29 is 14.3 Å². The van der Waals surface area contributed by atoms with Gasteiger partial charge in [-0.05, 0) is 57.5 Å². The van der Waals surface area contributed by atoms with Crippen LogP contribution in [0.5, 0.6) is 5.75 Å². The summed E-state index contributed by atoms with van der Waals surface area (Å²) in [5, 5.41) is 0. The van der Waals surface area contributed by atoms with E-state index >= 15 is 0 Å². The summed E-state index contributed by atoms with van der Waals surface area (Å²) >= 11 is 0. The monoisotopic (exact) mass is 343 g/mol. The molecule has 5 heteroatoms. The highest BCUT2D eigenvalue weighted by molar-refractivity contribution is 5.85. The van der Waals surface area contributed by atoms with Gasteiger partial charge in [0.15, 0.2) is 0 Å². The number of benzene rings is 1. The molecule has 0 fully saturated rings. The molecule has 0 bridgehead atoms. The number of methoxy groups -OCH3 is 1. The van der Waals surface area contributed by atoms with Crippen LogP contribution in [0.1, 0.15) is 39.2 Å². The van der Waals surface area contributed by atoms with Gasteiger partial charge < -0.3 is 14.4 Å². The third-order valence-corrected chi connectivity index (χ3v) is 3.85. The summed E-state index contributed by atoms with van der Waals surface area (Å²) in [6.07, 6.45) is 2.34. The van der Waals surface area contributed by atoms with Crippen LogP contribution >= 0.6 is 12.4 Å². The third kappa shape index (κ3) is 8.24. The highest BCUT2D eigenvalue weighted by Gasteiger charge is 2.13. The van der Waals surface area contributed by atoms with Crippen LogP contribution in [0.25, 0.3) is 0 Å². The average Bonchev–Trinajstić information content (AvgIpc) is 2.52. The lowest BCUT2D eigenvalue weighted by Crippen LogP contribution is -2.35. The molecule has 0 spiro atoms. The zero-order valence-electron chi connectivity index (χ0n) is 14.7. The second-order valence-corrected chi connectivity index (χ2v) is 5.44. The number of hydrogen-bond acceptors (Lipinski definition) is 4. The molecule has 1 rings (SSSR count). The summed E-state index contributed by atoms with van der Waals surface area (Å²) in [7, 11) is 1.68. The Kier molecular flexibility index (Phi) is 11.5. The van der Waals surface area contributed by atoms with Crippen LogP contribution in [0.3, 0.4) is 0 Å². The van der Waals surface area contributed by atoms with Gasteiger partial charge in [-0.15, -0.1) is 12.4 Å². The summed E-state index contributed by atoms with van der Waals surface area (Å²) < 4.78 is 10.1. The molecule has 132 valence electrons. The first-order valence-electron chi connectivity index (χ1n) is 8.13. The van der Waals surface area contributed by atoms with Crippen molar-refractivity contribution in [2.24, 2.45) is 0 Å². The van der Waals surface area contributed by atoms with Gasteiger partial charge in [0, 0.05) is 12.5 Å². The fraction of sp³-hybridized carbons (Fsp3) is 0.611. The number of nitrogens with zero attached hydrogens (tertiary/aromatic N) is 1. The fourth-order valence-corrected chi connectivity index (χ4v) is 2.58. The SMILES string of the molecule is CCOC(=O)CCCN(CC)C(C)Cc1ccc(OC)cc1.Cl. The molecule has 0 saturated heterocycles. The van der Waals surface area contributed by atoms with Crippen molar-refractivity contribution in [2.45, 2.75) is 46.1 Å². The summed E-state index contributed by atoms with van der Waals surface area (Å²) in [5.74, 6) is 0.791. The molecule has 0 saturated carbocycles. The Balaban J connectivity index is 0.00000484. The molecule has 1 unspecified atom stereocenters. The molecule has 4 nitrogen and oxygen atoms in total. The van der Waals surface area contributed by atoms with E-state index in [4.69, 9.17) is 9.47 Å². The predicted octanol–water partition coefficient (Wildman–Crippen LogP) is 3.71. The molecule has 0 heterocycles. The van der Waals surface area contributed by atoms with Gasteiger partial charge in [0.25, 0.3) is 0 Å². The molecule has 23 heavy (non-hydrogen) atoms. The molecule has 0 aromatic heterocycles. The van der Waals surface area contributed by atoms with E-state index < -0.39 is 0 Å². The van der Waals surface area contributed by atoms with Gasteiger partial charge in [0.1, 0.15) is 5.75 Å². The van der Waals surface area contributed by atoms with Gasteiger partial charge in [-0.3, -0.25) is 4.79 Å². The molecule has 1 aromatic rings. The molecule has 1 atom stereocenters. The summed E-state index contributed by atoms with van der Waals surface area (Å²) in [4.78, 5) is 13.8. The summed E-state index contributed by atoms with van der Waals surface area (Å²) in [6, 6.07) is 8.67. The van der Waals surface area contributed by atoms with Crippen LogP contribution in [0.15, 0.2) is 24.3 Å². The molecule has 0 aliphatic carbocycles. The van der Waals surface area contributed by atoms with Crippen LogP contribution in [0.2, 0.25) is 0 Å². The Hall–Kier alpha value is -1.26. The van der Waals surface area contributed by atoms with Crippen LogP contribution in [-0.2, 0) is 16.0 Å². The average molecular weight is 344 g/mol. The lowest BCUT2D eigenvalue weighted by Gasteiger charge is -2.28. The Bertz CT molecular complexity index is 436. The zero-order chi connectivity index (χ0) is 16.4. The van der Waals surface area contributed by atoms with Crippen molar-refractivity contribution >= 4 is 18.4 Å². The van der Waals surface area contributed by atoms with Gasteiger partial charge >= 0.3 is 5.97 Å². The van der Waals surface area contributed by atoms with Crippen molar-refractivity contribution in [3.8, 4) is 5.75 Å². The van der Waals surface area contributed by atoms with E-state index in [0.29, 0.717) is 19.1 Å². The van der Waals surface area contributed by atoms with E-state index in [-0.39, 0.29) is 18.4 Å². The van der Waals surface area contributed by atoms with E-state index in [1.54, 1.807) is 7.11 Å². The standard InChI is InChI=1S/C18H29NO3.ClH/c1-5-19(13-7-8-18(20)22-6-2)15(3)14-16-9-11-17(21-4)12-10-16;/h9-12,15H,5-8,13-14H2,1-4H3;1H. The van der Waals surface area contributed by atoms with Crippen molar-refractivity contribution in [1.82, 2.24) is 4.90 Å². The predicted molar refractivity (Wildman–Crippen MR) is 96.5 cm³/mol. The number of esters is 1. The number of carbonyl (C=O) groups excluding carboxylic acids is 1. The normalized spacial score (nSPS) is 11.7. The van der Waals surface area contributed by atoms with Crippen molar-refractivity contribution in [1.29, 1.82) is 0 Å². The maximum atomic E-state index is 11.4. The van der Waals surface area contributed by atoms with Crippen LogP contribution in [-0.4, -0.2) is 43.7 Å². The van der Waals surface area contributed by atoms with Gasteiger partial charge in [-0.25, -0.2) is 0 Å². The molecule has 0 aliphatic rings. The largest absolute Gasteiger partial charge is 0.497 e. The summed E-state index contributed by atoms with van der Waals surface area (Å²) in [6.45, 7) is 8.61. The van der Waals surface area contributed by atoms with Crippen LogP contribution in [0, 0.1) is 0 Å². The molecule has 0 amide bonds. The van der Waals surface area contributed by atoms with Gasteiger partial charge in [-0.2, -0.15) is 0 Å². The van der Waals surface area contributed by atoms with E-state index in [9.17, 15) is 4.79 Å². The van der Waals surface area contributed by atoms with Gasteiger partial charge in [-0.1, -0.05) is 19.1 Å². The molecular weight excluding hydrogens is 314 g/mol. The maximum Gasteiger partial charge on any atom is 0.305 e. The van der Waals surface area contributed by atoms with E-state index in [2.05, 4.69) is 30.9 Å². The molecular formula is C18H30ClNO3. The van der Waals surface area contributed by atoms with Gasteiger partial charge in [0.2, 0.25) is 0 Å². The minimum Gasteiger partial charge on any atom is -0.497 e. The van der Waals surface area contributed by atoms with E-state index in [1.165, 1.54) is 5.56 Å². The van der Waals surface area contributed by atoms with Crippen molar-refractivity contribution in [3.63, 3.8) is 0 Å². The third-order valence-electron chi connectivity index (χ3n) is 3.85. The topological polar surface area (TPSA) is 38.8 Å². The van der Waals surface area contributed by atoms with E-state index in [0.717, 1.165) is 31.7 Å². The number of ether oxygens (including phenoxy) is 2. The first kappa shape index (κ1) is 21.7. The number of halogens is 1. The number of likely N-dealkylation sites (N-methyl/N-ethyl adjacent to an activating group) is 1. The fourth-order valence-electron chi connectivity index (χ4n) is 2.58. The lowest BCUT2D eigenvalue weighted by atomic mass is 10.1. The second kappa shape index (κ2) is 12.2. The van der Waals surface area contributed by atoms with Gasteiger partial charge in [0.05, 0.1) is 13.7 Å². The highest BCUT2D eigenvalue weighted by Crippen LogP contribution is 2.15. The van der Waals surface area contributed by atoms with Crippen LogP contribution < -0.4 is 4.74 Å². The molecule has 1 aromatic carbocycles. The van der Waals surface area contributed by atoms with Crippen molar-refractivity contribution in [3.05, 3.63) is 29.8 Å². The summed E-state index contributed by atoms with van der Waals surface area (Å²) in [5.41, 5.74) is 1.30. The maximum absolute atomic E-state index is 11.4. The number of hydrogen-bond donors (Lipinski definition) is 0. The molecule has 0 N–H and O–H groups in total.